The lowest BCUT2D eigenvalue weighted by Gasteiger charge is -2.17. The van der Waals surface area contributed by atoms with E-state index in [4.69, 9.17) is 0 Å². The van der Waals surface area contributed by atoms with E-state index in [2.05, 4.69) is 41.5 Å². The van der Waals surface area contributed by atoms with Gasteiger partial charge in [-0.2, -0.15) is 0 Å². The minimum absolute atomic E-state index is 0.0869. The number of benzene rings is 2. The number of halogens is 1. The molecule has 4 rings (SSSR count). The molecule has 2 heterocycles. The van der Waals surface area contributed by atoms with Crippen molar-refractivity contribution in [2.24, 2.45) is 0 Å². The Morgan fingerprint density at radius 3 is 2.50 bits per heavy atom. The SMILES string of the molecule is CCc1ccc([C@@H]([NH2+]Cc2cc(=O)n3c(C)cccc3n2)c2cccc(F)c2)cc1. The summed E-state index contributed by atoms with van der Waals surface area (Å²) in [6.45, 7) is 4.52. The van der Waals surface area contributed by atoms with Crippen molar-refractivity contribution >= 4 is 5.65 Å². The molecule has 4 nitrogen and oxygen atoms in total. The van der Waals surface area contributed by atoms with Crippen LogP contribution in [0.5, 0.6) is 0 Å². The number of quaternary nitrogens is 1. The summed E-state index contributed by atoms with van der Waals surface area (Å²) in [6.07, 6.45) is 0.971. The second kappa shape index (κ2) is 8.59. The number of nitrogens with two attached hydrogens (primary N) is 1. The number of fused-ring (bicyclic) bond motifs is 1. The Balaban J connectivity index is 1.67. The zero-order chi connectivity index (χ0) is 21.1. The third-order valence-electron chi connectivity index (χ3n) is 5.45. The van der Waals surface area contributed by atoms with Crippen molar-refractivity contribution in [2.75, 3.05) is 0 Å². The van der Waals surface area contributed by atoms with E-state index in [0.29, 0.717) is 17.9 Å². The second-order valence-electron chi connectivity index (χ2n) is 7.51. The zero-order valence-electron chi connectivity index (χ0n) is 17.2. The first kappa shape index (κ1) is 20.0. The number of hydrogen-bond acceptors (Lipinski definition) is 2. The Morgan fingerprint density at radius 2 is 1.77 bits per heavy atom. The van der Waals surface area contributed by atoms with Crippen LogP contribution in [0.25, 0.3) is 5.65 Å². The lowest BCUT2D eigenvalue weighted by Crippen LogP contribution is -2.84. The summed E-state index contributed by atoms with van der Waals surface area (Å²) < 4.78 is 15.5. The van der Waals surface area contributed by atoms with Gasteiger partial charge in [-0.3, -0.25) is 9.20 Å². The number of hydrogen-bond donors (Lipinski definition) is 1. The van der Waals surface area contributed by atoms with Gasteiger partial charge in [-0.1, -0.05) is 49.4 Å². The molecule has 152 valence electrons. The van der Waals surface area contributed by atoms with E-state index in [1.54, 1.807) is 22.6 Å². The quantitative estimate of drug-likeness (QED) is 0.536. The van der Waals surface area contributed by atoms with Crippen LogP contribution in [0.4, 0.5) is 4.39 Å². The van der Waals surface area contributed by atoms with Crippen LogP contribution < -0.4 is 10.9 Å². The van der Waals surface area contributed by atoms with Crippen molar-refractivity contribution in [2.45, 2.75) is 32.9 Å². The number of nitrogens with zero attached hydrogens (tertiary/aromatic N) is 2. The van der Waals surface area contributed by atoms with Gasteiger partial charge in [0.15, 0.2) is 0 Å². The monoisotopic (exact) mass is 402 g/mol. The predicted octanol–water partition coefficient (Wildman–Crippen LogP) is 3.56. The molecule has 1 atom stereocenters. The second-order valence-corrected chi connectivity index (χ2v) is 7.51. The maximum Gasteiger partial charge on any atom is 0.258 e. The maximum absolute atomic E-state index is 13.9. The van der Waals surface area contributed by atoms with E-state index in [1.165, 1.54) is 11.6 Å². The first-order valence-electron chi connectivity index (χ1n) is 10.2. The first-order valence-corrected chi connectivity index (χ1v) is 10.2. The molecule has 0 spiro atoms. The standard InChI is InChI=1S/C25H24FN3O/c1-3-18-10-12-19(13-11-18)25(20-7-5-8-21(26)14-20)27-16-22-15-24(30)29-17(2)6-4-9-23(29)28-22/h4-15,25,27H,3,16H2,1-2H3/p+1/t25-/m1/s1. The van der Waals surface area contributed by atoms with Crippen LogP contribution >= 0.6 is 0 Å². The van der Waals surface area contributed by atoms with Gasteiger partial charge in [0, 0.05) is 22.9 Å². The molecule has 5 heteroatoms. The summed E-state index contributed by atoms with van der Waals surface area (Å²) in [4.78, 5) is 17.2. The van der Waals surface area contributed by atoms with Crippen molar-refractivity contribution in [3.8, 4) is 0 Å². The molecular weight excluding hydrogens is 377 g/mol. The van der Waals surface area contributed by atoms with E-state index in [9.17, 15) is 9.18 Å². The van der Waals surface area contributed by atoms with E-state index in [0.717, 1.165) is 23.2 Å². The average Bonchev–Trinajstić information content (AvgIpc) is 2.74. The molecule has 30 heavy (non-hydrogen) atoms. The van der Waals surface area contributed by atoms with E-state index in [-0.39, 0.29) is 17.4 Å². The molecule has 4 aromatic rings. The Morgan fingerprint density at radius 1 is 1.00 bits per heavy atom. The minimum Gasteiger partial charge on any atom is -0.331 e. The van der Waals surface area contributed by atoms with Gasteiger partial charge in [-0.15, -0.1) is 0 Å². The molecule has 0 bridgehead atoms. The summed E-state index contributed by atoms with van der Waals surface area (Å²) in [7, 11) is 0. The van der Waals surface area contributed by atoms with Gasteiger partial charge < -0.3 is 5.32 Å². The highest BCUT2D eigenvalue weighted by molar-refractivity contribution is 5.40. The van der Waals surface area contributed by atoms with Crippen LogP contribution in [0, 0.1) is 12.7 Å². The highest BCUT2D eigenvalue weighted by atomic mass is 19.1. The van der Waals surface area contributed by atoms with E-state index >= 15 is 0 Å². The normalized spacial score (nSPS) is 12.2. The molecule has 2 N–H and O–H groups in total. The smallest absolute Gasteiger partial charge is 0.258 e. The predicted molar refractivity (Wildman–Crippen MR) is 116 cm³/mol. The Bertz CT molecular complexity index is 1230. The highest BCUT2D eigenvalue weighted by Crippen LogP contribution is 2.20. The van der Waals surface area contributed by atoms with Crippen molar-refractivity contribution < 1.29 is 9.71 Å². The largest absolute Gasteiger partial charge is 0.331 e. The fourth-order valence-electron chi connectivity index (χ4n) is 3.83. The molecule has 0 amide bonds. The number of rotatable bonds is 6. The number of pyridine rings is 1. The van der Waals surface area contributed by atoms with Gasteiger partial charge in [0.1, 0.15) is 29.7 Å². The van der Waals surface area contributed by atoms with E-state index in [1.807, 2.05) is 31.2 Å². The molecule has 0 aliphatic heterocycles. The van der Waals surface area contributed by atoms with Crippen LogP contribution in [0.15, 0.2) is 77.6 Å². The molecule has 2 aromatic carbocycles. The molecule has 0 saturated carbocycles. The Hall–Kier alpha value is -3.31. The molecule has 0 aliphatic rings. The van der Waals surface area contributed by atoms with Gasteiger partial charge in [0.2, 0.25) is 0 Å². The highest BCUT2D eigenvalue weighted by Gasteiger charge is 2.19. The van der Waals surface area contributed by atoms with E-state index < -0.39 is 0 Å². The first-order chi connectivity index (χ1) is 14.5. The topological polar surface area (TPSA) is 51.0 Å². The molecule has 0 saturated heterocycles. The van der Waals surface area contributed by atoms with Crippen molar-refractivity contribution in [1.82, 2.24) is 9.38 Å². The molecular formula is C25H25FN3O+. The maximum atomic E-state index is 13.9. The minimum atomic E-state index is -0.256. The van der Waals surface area contributed by atoms with Crippen LogP contribution in [0.3, 0.4) is 0 Å². The third kappa shape index (κ3) is 4.16. The van der Waals surface area contributed by atoms with Crippen LogP contribution in [-0.2, 0) is 13.0 Å². The summed E-state index contributed by atoms with van der Waals surface area (Å²) >= 11 is 0. The van der Waals surface area contributed by atoms with Gasteiger partial charge in [0.05, 0.1) is 0 Å². The molecule has 2 aromatic heterocycles. The van der Waals surface area contributed by atoms with Crippen molar-refractivity contribution in [3.05, 3.63) is 117 Å². The summed E-state index contributed by atoms with van der Waals surface area (Å²) in [5.41, 5.74) is 5.35. The summed E-state index contributed by atoms with van der Waals surface area (Å²) in [5, 5.41) is 2.10. The van der Waals surface area contributed by atoms with Crippen LogP contribution in [-0.4, -0.2) is 9.38 Å². The summed E-state index contributed by atoms with van der Waals surface area (Å²) in [5.74, 6) is -0.256. The lowest BCUT2D eigenvalue weighted by atomic mass is 9.97. The molecule has 0 unspecified atom stereocenters. The fraction of sp³-hybridized carbons (Fsp3) is 0.200. The third-order valence-corrected chi connectivity index (χ3v) is 5.45. The number of aryl methyl sites for hydroxylation is 2. The zero-order valence-corrected chi connectivity index (χ0v) is 17.2. The Kier molecular flexibility index (Phi) is 5.72. The molecule has 0 fully saturated rings. The van der Waals surface area contributed by atoms with Gasteiger partial charge in [0.25, 0.3) is 5.56 Å². The molecule has 0 radical (unpaired) electrons. The van der Waals surface area contributed by atoms with Gasteiger partial charge in [-0.25, -0.2) is 9.37 Å². The molecule has 0 aliphatic carbocycles. The fourth-order valence-corrected chi connectivity index (χ4v) is 3.83. The van der Waals surface area contributed by atoms with Crippen LogP contribution in [0.2, 0.25) is 0 Å². The average molecular weight is 402 g/mol. The number of aromatic nitrogens is 2. The Labute approximate surface area is 175 Å². The summed E-state index contributed by atoms with van der Waals surface area (Å²) in [6, 6.07) is 22.2. The van der Waals surface area contributed by atoms with Gasteiger partial charge in [-0.05, 0) is 43.2 Å². The van der Waals surface area contributed by atoms with Crippen molar-refractivity contribution in [3.63, 3.8) is 0 Å². The lowest BCUT2D eigenvalue weighted by molar-refractivity contribution is -0.702. The van der Waals surface area contributed by atoms with Crippen molar-refractivity contribution in [1.29, 1.82) is 0 Å². The van der Waals surface area contributed by atoms with Gasteiger partial charge >= 0.3 is 0 Å². The van der Waals surface area contributed by atoms with Crippen LogP contribution in [0.1, 0.15) is 41.0 Å².